The molecule has 0 aromatic heterocycles. The van der Waals surface area contributed by atoms with Gasteiger partial charge in [-0.05, 0) is 54.4 Å². The number of amides is 3. The number of urea groups is 1. The molecule has 0 radical (unpaired) electrons. The van der Waals surface area contributed by atoms with Gasteiger partial charge >= 0.3 is 6.03 Å². The minimum Gasteiger partial charge on any atom is -0.377 e. The number of carbonyl (C=O) groups is 2. The van der Waals surface area contributed by atoms with Gasteiger partial charge < -0.3 is 20.9 Å². The standard InChI is InChI=1S/C25H25N5O2/c1-30(2)23-13-12-21(29-25(32)28-20-10-8-19(17-26)9-11-20)16-22(23)24(31)27-15-14-18-6-4-3-5-7-18/h3-13,16H,14-15H2,1-2H3,(H,27,31)(H2,28,29,32). The van der Waals surface area contributed by atoms with E-state index in [-0.39, 0.29) is 5.91 Å². The van der Waals surface area contributed by atoms with E-state index >= 15 is 0 Å². The van der Waals surface area contributed by atoms with Gasteiger partial charge in [0.25, 0.3) is 5.91 Å². The summed E-state index contributed by atoms with van der Waals surface area (Å²) in [6.45, 7) is 0.506. The Balaban J connectivity index is 1.66. The van der Waals surface area contributed by atoms with Crippen LogP contribution in [-0.2, 0) is 6.42 Å². The Hall–Kier alpha value is -4.31. The quantitative estimate of drug-likeness (QED) is 0.525. The van der Waals surface area contributed by atoms with Gasteiger partial charge in [-0.3, -0.25) is 4.79 Å². The van der Waals surface area contributed by atoms with Crippen molar-refractivity contribution >= 4 is 29.0 Å². The van der Waals surface area contributed by atoms with Gasteiger partial charge in [0.2, 0.25) is 0 Å². The zero-order valence-electron chi connectivity index (χ0n) is 18.1. The summed E-state index contributed by atoms with van der Waals surface area (Å²) in [5.41, 5.74) is 3.94. The Morgan fingerprint density at radius 1 is 0.906 bits per heavy atom. The first kappa shape index (κ1) is 22.4. The van der Waals surface area contributed by atoms with Crippen LogP contribution < -0.4 is 20.9 Å². The highest BCUT2D eigenvalue weighted by Gasteiger charge is 2.15. The van der Waals surface area contributed by atoms with Crippen molar-refractivity contribution in [2.45, 2.75) is 6.42 Å². The minimum absolute atomic E-state index is 0.208. The summed E-state index contributed by atoms with van der Waals surface area (Å²) in [5, 5.41) is 17.3. The van der Waals surface area contributed by atoms with Gasteiger partial charge in [0.05, 0.1) is 17.2 Å². The maximum Gasteiger partial charge on any atom is 0.323 e. The molecule has 0 aliphatic carbocycles. The molecule has 0 spiro atoms. The normalized spacial score (nSPS) is 10.0. The first-order chi connectivity index (χ1) is 15.5. The number of rotatable bonds is 7. The zero-order chi connectivity index (χ0) is 22.9. The molecule has 0 saturated carbocycles. The van der Waals surface area contributed by atoms with Crippen molar-refractivity contribution in [3.63, 3.8) is 0 Å². The van der Waals surface area contributed by atoms with Crippen LogP contribution in [0.3, 0.4) is 0 Å². The Morgan fingerprint density at radius 2 is 1.56 bits per heavy atom. The van der Waals surface area contributed by atoms with Crippen LogP contribution in [-0.4, -0.2) is 32.6 Å². The largest absolute Gasteiger partial charge is 0.377 e. The molecular weight excluding hydrogens is 402 g/mol. The first-order valence-electron chi connectivity index (χ1n) is 10.2. The minimum atomic E-state index is -0.442. The molecule has 3 N–H and O–H groups in total. The molecule has 0 saturated heterocycles. The topological polar surface area (TPSA) is 97.3 Å². The number of carbonyl (C=O) groups excluding carboxylic acids is 2. The average Bonchev–Trinajstić information content (AvgIpc) is 2.80. The SMILES string of the molecule is CN(C)c1ccc(NC(=O)Nc2ccc(C#N)cc2)cc1C(=O)NCCc1ccccc1. The molecule has 3 aromatic carbocycles. The maximum absolute atomic E-state index is 12.9. The molecule has 162 valence electrons. The van der Waals surface area contributed by atoms with Crippen molar-refractivity contribution in [2.75, 3.05) is 36.2 Å². The summed E-state index contributed by atoms with van der Waals surface area (Å²) in [6, 6.07) is 23.3. The third-order valence-electron chi connectivity index (χ3n) is 4.79. The summed E-state index contributed by atoms with van der Waals surface area (Å²) in [6.07, 6.45) is 0.731. The number of nitrogens with zero attached hydrogens (tertiary/aromatic N) is 2. The second-order valence-electron chi connectivity index (χ2n) is 7.39. The van der Waals surface area contributed by atoms with E-state index < -0.39 is 6.03 Å². The maximum atomic E-state index is 12.9. The van der Waals surface area contributed by atoms with Crippen LogP contribution in [0.2, 0.25) is 0 Å². The van der Waals surface area contributed by atoms with Gasteiger partial charge in [-0.1, -0.05) is 30.3 Å². The summed E-state index contributed by atoms with van der Waals surface area (Å²) in [4.78, 5) is 27.1. The van der Waals surface area contributed by atoms with Gasteiger partial charge in [-0.15, -0.1) is 0 Å². The summed E-state index contributed by atoms with van der Waals surface area (Å²) in [5.74, 6) is -0.208. The Labute approximate surface area is 187 Å². The van der Waals surface area contributed by atoms with Crippen LogP contribution in [0, 0.1) is 11.3 Å². The van der Waals surface area contributed by atoms with Crippen molar-refractivity contribution in [1.82, 2.24) is 5.32 Å². The lowest BCUT2D eigenvalue weighted by Gasteiger charge is -2.18. The molecule has 3 aromatic rings. The lowest BCUT2D eigenvalue weighted by Crippen LogP contribution is -2.28. The lowest BCUT2D eigenvalue weighted by molar-refractivity contribution is 0.0954. The molecule has 0 atom stereocenters. The zero-order valence-corrected chi connectivity index (χ0v) is 18.1. The van der Waals surface area contributed by atoms with Gasteiger partial charge in [0, 0.05) is 37.7 Å². The fourth-order valence-electron chi connectivity index (χ4n) is 3.17. The smallest absolute Gasteiger partial charge is 0.323 e. The molecule has 0 bridgehead atoms. The monoisotopic (exact) mass is 427 g/mol. The van der Waals surface area contributed by atoms with Crippen LogP contribution >= 0.6 is 0 Å². The first-order valence-corrected chi connectivity index (χ1v) is 10.2. The number of hydrogen-bond donors (Lipinski definition) is 3. The van der Waals surface area contributed by atoms with Crippen LogP contribution in [0.25, 0.3) is 0 Å². The number of hydrogen-bond acceptors (Lipinski definition) is 4. The van der Waals surface area contributed by atoms with Crippen molar-refractivity contribution in [2.24, 2.45) is 0 Å². The molecule has 3 rings (SSSR count). The molecule has 3 amide bonds. The van der Waals surface area contributed by atoms with E-state index in [2.05, 4.69) is 16.0 Å². The average molecular weight is 428 g/mol. The fraction of sp³-hybridized carbons (Fsp3) is 0.160. The van der Waals surface area contributed by atoms with Crippen molar-refractivity contribution in [1.29, 1.82) is 5.26 Å². The lowest BCUT2D eigenvalue weighted by atomic mass is 10.1. The van der Waals surface area contributed by atoms with Gasteiger partial charge in [0.1, 0.15) is 0 Å². The van der Waals surface area contributed by atoms with E-state index in [4.69, 9.17) is 5.26 Å². The second-order valence-corrected chi connectivity index (χ2v) is 7.39. The number of nitriles is 1. The molecule has 0 heterocycles. The Bertz CT molecular complexity index is 1120. The van der Waals surface area contributed by atoms with E-state index in [9.17, 15) is 9.59 Å². The van der Waals surface area contributed by atoms with E-state index in [1.54, 1.807) is 42.5 Å². The number of benzene rings is 3. The Morgan fingerprint density at radius 3 is 2.22 bits per heavy atom. The molecular formula is C25H25N5O2. The molecule has 0 aliphatic heterocycles. The van der Waals surface area contributed by atoms with E-state index in [0.717, 1.165) is 17.7 Å². The predicted molar refractivity (Wildman–Crippen MR) is 127 cm³/mol. The fourth-order valence-corrected chi connectivity index (χ4v) is 3.17. The third-order valence-corrected chi connectivity index (χ3v) is 4.79. The Kier molecular flexibility index (Phi) is 7.44. The van der Waals surface area contributed by atoms with Crippen molar-refractivity contribution in [3.8, 4) is 6.07 Å². The molecule has 7 heteroatoms. The highest BCUT2D eigenvalue weighted by molar-refractivity contribution is 6.04. The number of nitrogens with one attached hydrogen (secondary N) is 3. The van der Waals surface area contributed by atoms with Gasteiger partial charge in [0.15, 0.2) is 0 Å². The summed E-state index contributed by atoms with van der Waals surface area (Å²) < 4.78 is 0. The van der Waals surface area contributed by atoms with Crippen molar-refractivity contribution < 1.29 is 9.59 Å². The van der Waals surface area contributed by atoms with Crippen molar-refractivity contribution in [3.05, 3.63) is 89.5 Å². The summed E-state index contributed by atoms with van der Waals surface area (Å²) in [7, 11) is 3.72. The molecule has 7 nitrogen and oxygen atoms in total. The second kappa shape index (κ2) is 10.6. The highest BCUT2D eigenvalue weighted by Crippen LogP contribution is 2.23. The highest BCUT2D eigenvalue weighted by atomic mass is 16.2. The van der Waals surface area contributed by atoms with Gasteiger partial charge in [-0.25, -0.2) is 4.79 Å². The molecule has 0 fully saturated rings. The summed E-state index contributed by atoms with van der Waals surface area (Å²) >= 11 is 0. The van der Waals surface area contributed by atoms with Crippen LogP contribution in [0.15, 0.2) is 72.8 Å². The van der Waals surface area contributed by atoms with Crippen LogP contribution in [0.1, 0.15) is 21.5 Å². The number of anilines is 3. The predicted octanol–water partition coefficient (Wildman–Crippen LogP) is 4.24. The molecule has 0 unspecified atom stereocenters. The van der Waals surface area contributed by atoms with Crippen LogP contribution in [0.5, 0.6) is 0 Å². The van der Waals surface area contributed by atoms with Gasteiger partial charge in [-0.2, -0.15) is 5.26 Å². The van der Waals surface area contributed by atoms with E-state index in [1.807, 2.05) is 55.4 Å². The van der Waals surface area contributed by atoms with E-state index in [1.165, 1.54) is 0 Å². The van der Waals surface area contributed by atoms with E-state index in [0.29, 0.717) is 29.0 Å². The molecule has 0 aliphatic rings. The van der Waals surface area contributed by atoms with Crippen LogP contribution in [0.4, 0.5) is 21.9 Å². The third kappa shape index (κ3) is 6.09. The molecule has 32 heavy (non-hydrogen) atoms.